The number of esters is 1. The van der Waals surface area contributed by atoms with Crippen LogP contribution in [0.5, 0.6) is 5.75 Å². The minimum absolute atomic E-state index is 0.0535. The van der Waals surface area contributed by atoms with Crippen molar-refractivity contribution in [2.45, 2.75) is 19.3 Å². The predicted molar refractivity (Wildman–Crippen MR) is 112 cm³/mol. The molecule has 2 aromatic carbocycles. The highest BCUT2D eigenvalue weighted by atomic mass is 35.5. The smallest absolute Gasteiger partial charge is 0.343 e. The van der Waals surface area contributed by atoms with E-state index in [1.54, 1.807) is 25.1 Å². The molecule has 0 aliphatic carbocycles. The second kappa shape index (κ2) is 9.61. The fourth-order valence-corrected chi connectivity index (χ4v) is 3.39. The summed E-state index contributed by atoms with van der Waals surface area (Å²) in [6, 6.07) is 8.76. The number of halogens is 2. The average molecular weight is 447 g/mol. The number of amides is 2. The fourth-order valence-electron chi connectivity index (χ4n) is 3.12. The zero-order chi connectivity index (χ0) is 22.5. The molecule has 0 spiro atoms. The lowest BCUT2D eigenvalue weighted by molar-refractivity contribution is -0.142. The standard InChI is InChI=1S/C22H20ClFN2O5/c1-12-7-17(23)19(31-11-21(28)30-2)9-18(12)26-22(29)16-10-25-20(27)8-15(16)13-3-5-14(24)6-4-13/h3-7,9-10,15H,8,11H2,1-2H3,(H,25,27)(H,26,29)/t15-/m1/s1. The van der Waals surface area contributed by atoms with Crippen LogP contribution < -0.4 is 15.4 Å². The Morgan fingerprint density at radius 1 is 1.26 bits per heavy atom. The van der Waals surface area contributed by atoms with Crippen molar-refractivity contribution in [2.75, 3.05) is 19.0 Å². The summed E-state index contributed by atoms with van der Waals surface area (Å²) in [5.74, 6) is -2.00. The lowest BCUT2D eigenvalue weighted by atomic mass is 9.86. The first kappa shape index (κ1) is 22.3. The Morgan fingerprint density at radius 2 is 1.97 bits per heavy atom. The van der Waals surface area contributed by atoms with E-state index in [0.29, 0.717) is 22.4 Å². The molecule has 1 aliphatic heterocycles. The maximum Gasteiger partial charge on any atom is 0.343 e. The molecule has 162 valence electrons. The van der Waals surface area contributed by atoms with Crippen molar-refractivity contribution in [1.29, 1.82) is 0 Å². The molecule has 1 atom stereocenters. The second-order valence-electron chi connectivity index (χ2n) is 6.89. The third-order valence-electron chi connectivity index (χ3n) is 4.79. The lowest BCUT2D eigenvalue weighted by Crippen LogP contribution is -2.32. The lowest BCUT2D eigenvalue weighted by Gasteiger charge is -2.24. The van der Waals surface area contributed by atoms with E-state index in [9.17, 15) is 18.8 Å². The number of benzene rings is 2. The summed E-state index contributed by atoms with van der Waals surface area (Å²) in [4.78, 5) is 36.3. The number of methoxy groups -OCH3 is 1. The molecule has 9 heteroatoms. The van der Waals surface area contributed by atoms with Gasteiger partial charge in [0.2, 0.25) is 5.91 Å². The van der Waals surface area contributed by atoms with Crippen molar-refractivity contribution in [2.24, 2.45) is 0 Å². The zero-order valence-corrected chi connectivity index (χ0v) is 17.6. The van der Waals surface area contributed by atoms with Crippen LogP contribution in [0.1, 0.15) is 23.5 Å². The molecule has 2 aromatic rings. The summed E-state index contributed by atoms with van der Waals surface area (Å²) >= 11 is 6.17. The third-order valence-corrected chi connectivity index (χ3v) is 5.08. The van der Waals surface area contributed by atoms with E-state index >= 15 is 0 Å². The van der Waals surface area contributed by atoms with E-state index in [2.05, 4.69) is 15.4 Å². The number of rotatable bonds is 6. The number of anilines is 1. The number of nitrogens with one attached hydrogen (secondary N) is 2. The van der Waals surface area contributed by atoms with E-state index in [0.717, 1.165) is 0 Å². The Morgan fingerprint density at radius 3 is 2.65 bits per heavy atom. The van der Waals surface area contributed by atoms with Crippen LogP contribution in [0, 0.1) is 12.7 Å². The topological polar surface area (TPSA) is 93.7 Å². The number of ether oxygens (including phenoxy) is 2. The number of carbonyl (C=O) groups is 3. The summed E-state index contributed by atoms with van der Waals surface area (Å²) in [6.45, 7) is 1.41. The minimum atomic E-state index is -0.576. The van der Waals surface area contributed by atoms with Crippen molar-refractivity contribution in [3.63, 3.8) is 0 Å². The Hall–Kier alpha value is -3.39. The zero-order valence-electron chi connectivity index (χ0n) is 16.8. The van der Waals surface area contributed by atoms with E-state index in [4.69, 9.17) is 16.3 Å². The van der Waals surface area contributed by atoms with Crippen molar-refractivity contribution in [3.8, 4) is 5.75 Å². The average Bonchev–Trinajstić information content (AvgIpc) is 2.74. The first-order chi connectivity index (χ1) is 14.8. The molecule has 1 heterocycles. The Balaban J connectivity index is 1.84. The normalized spacial score (nSPS) is 15.5. The molecule has 7 nitrogen and oxygen atoms in total. The molecule has 2 N–H and O–H groups in total. The fraction of sp³-hybridized carbons (Fsp3) is 0.227. The molecule has 3 rings (SSSR count). The van der Waals surface area contributed by atoms with Crippen LogP contribution in [0.3, 0.4) is 0 Å². The summed E-state index contributed by atoms with van der Waals surface area (Å²) in [6.07, 6.45) is 1.41. The van der Waals surface area contributed by atoms with Gasteiger partial charge in [-0.15, -0.1) is 0 Å². The molecule has 2 amide bonds. The van der Waals surface area contributed by atoms with Gasteiger partial charge in [0, 0.05) is 35.9 Å². The van der Waals surface area contributed by atoms with Crippen molar-refractivity contribution in [1.82, 2.24) is 5.32 Å². The summed E-state index contributed by atoms with van der Waals surface area (Å²) in [7, 11) is 1.24. The molecule has 0 bridgehead atoms. The van der Waals surface area contributed by atoms with Gasteiger partial charge in [-0.2, -0.15) is 0 Å². The van der Waals surface area contributed by atoms with Crippen molar-refractivity contribution < 1.29 is 28.2 Å². The number of carbonyl (C=O) groups excluding carboxylic acids is 3. The molecule has 0 saturated carbocycles. The molecule has 0 fully saturated rings. The Kier molecular flexibility index (Phi) is 6.91. The van der Waals surface area contributed by atoms with Crippen LogP contribution in [0.15, 0.2) is 48.2 Å². The third kappa shape index (κ3) is 5.40. The van der Waals surface area contributed by atoms with Crippen LogP contribution in [0.4, 0.5) is 10.1 Å². The van der Waals surface area contributed by atoms with E-state index in [1.807, 2.05) is 0 Å². The monoisotopic (exact) mass is 446 g/mol. The first-order valence-electron chi connectivity index (χ1n) is 9.34. The molecule has 0 unspecified atom stereocenters. The molecule has 31 heavy (non-hydrogen) atoms. The Labute approximate surface area is 183 Å². The van der Waals surface area contributed by atoms with Crippen LogP contribution in [0.2, 0.25) is 5.02 Å². The van der Waals surface area contributed by atoms with Crippen LogP contribution in [0.25, 0.3) is 0 Å². The molecule has 0 radical (unpaired) electrons. The molecular weight excluding hydrogens is 427 g/mol. The van der Waals surface area contributed by atoms with Gasteiger partial charge in [0.15, 0.2) is 6.61 Å². The molecule has 0 saturated heterocycles. The van der Waals surface area contributed by atoms with Gasteiger partial charge < -0.3 is 20.1 Å². The van der Waals surface area contributed by atoms with Gasteiger partial charge in [0.25, 0.3) is 5.91 Å². The maximum absolute atomic E-state index is 13.3. The highest BCUT2D eigenvalue weighted by Gasteiger charge is 2.29. The predicted octanol–water partition coefficient (Wildman–Crippen LogP) is 3.47. The first-order valence-corrected chi connectivity index (χ1v) is 9.72. The molecule has 0 aromatic heterocycles. The van der Waals surface area contributed by atoms with E-state index < -0.39 is 23.6 Å². The SMILES string of the molecule is COC(=O)COc1cc(NC(=O)C2=CNC(=O)C[C@@H]2c2ccc(F)cc2)c(C)cc1Cl. The summed E-state index contributed by atoms with van der Waals surface area (Å²) < 4.78 is 23.2. The molecule has 1 aliphatic rings. The Bertz CT molecular complexity index is 1050. The quantitative estimate of drug-likeness (QED) is 0.663. The largest absolute Gasteiger partial charge is 0.480 e. The van der Waals surface area contributed by atoms with Crippen molar-refractivity contribution >= 4 is 35.1 Å². The van der Waals surface area contributed by atoms with Gasteiger partial charge in [0.05, 0.1) is 12.1 Å². The summed E-state index contributed by atoms with van der Waals surface area (Å²) in [5.41, 5.74) is 2.05. The highest BCUT2D eigenvalue weighted by molar-refractivity contribution is 6.32. The van der Waals surface area contributed by atoms with E-state index in [-0.39, 0.29) is 29.7 Å². The summed E-state index contributed by atoms with van der Waals surface area (Å²) in [5, 5.41) is 5.61. The maximum atomic E-state index is 13.3. The van der Waals surface area contributed by atoms with Gasteiger partial charge in [-0.1, -0.05) is 23.7 Å². The number of aryl methyl sites for hydroxylation is 1. The van der Waals surface area contributed by atoms with Gasteiger partial charge >= 0.3 is 5.97 Å². The van der Waals surface area contributed by atoms with Gasteiger partial charge in [0.1, 0.15) is 11.6 Å². The molecular formula is C22H20ClFN2O5. The second-order valence-corrected chi connectivity index (χ2v) is 7.30. The number of hydrogen-bond acceptors (Lipinski definition) is 5. The van der Waals surface area contributed by atoms with Gasteiger partial charge in [-0.05, 0) is 36.2 Å². The van der Waals surface area contributed by atoms with Gasteiger partial charge in [-0.25, -0.2) is 9.18 Å². The van der Waals surface area contributed by atoms with Crippen molar-refractivity contribution in [3.05, 3.63) is 70.1 Å². The van der Waals surface area contributed by atoms with E-state index in [1.165, 1.54) is 31.5 Å². The van der Waals surface area contributed by atoms with Crippen LogP contribution in [-0.2, 0) is 19.1 Å². The van der Waals surface area contributed by atoms with Crippen LogP contribution >= 0.6 is 11.6 Å². The van der Waals surface area contributed by atoms with Crippen LogP contribution in [-0.4, -0.2) is 31.5 Å². The minimum Gasteiger partial charge on any atom is -0.480 e. The highest BCUT2D eigenvalue weighted by Crippen LogP contribution is 2.34. The van der Waals surface area contributed by atoms with Gasteiger partial charge in [-0.3, -0.25) is 9.59 Å². The number of hydrogen-bond donors (Lipinski definition) is 2.